The molecule has 0 saturated carbocycles. The van der Waals surface area contributed by atoms with Crippen LogP contribution in [-0.4, -0.2) is 53.7 Å². The van der Waals surface area contributed by atoms with E-state index in [4.69, 9.17) is 9.84 Å². The Morgan fingerprint density at radius 2 is 1.68 bits per heavy atom. The number of benzene rings is 2. The summed E-state index contributed by atoms with van der Waals surface area (Å²) in [5.74, 6) is -1.03. The van der Waals surface area contributed by atoms with Crippen molar-refractivity contribution in [3.8, 4) is 11.1 Å². The number of carbonyl (C=O) groups is 3. The highest BCUT2D eigenvalue weighted by Gasteiger charge is 2.37. The summed E-state index contributed by atoms with van der Waals surface area (Å²) in [6.45, 7) is 5.02. The molecule has 180 valence electrons. The van der Waals surface area contributed by atoms with Gasteiger partial charge in [-0.2, -0.15) is 0 Å². The molecule has 1 heterocycles. The van der Waals surface area contributed by atoms with E-state index < -0.39 is 18.1 Å². The Morgan fingerprint density at radius 1 is 1.06 bits per heavy atom. The average Bonchev–Trinajstić information content (AvgIpc) is 3.34. The molecule has 7 heteroatoms. The topological polar surface area (TPSA) is 95.9 Å². The van der Waals surface area contributed by atoms with Crippen LogP contribution in [-0.2, 0) is 14.3 Å². The molecule has 1 aliphatic carbocycles. The number of likely N-dealkylation sites (tertiary alicyclic amines) is 1. The number of carboxylic acids is 1. The molecule has 34 heavy (non-hydrogen) atoms. The first-order valence-corrected chi connectivity index (χ1v) is 12.0. The van der Waals surface area contributed by atoms with Crippen molar-refractivity contribution >= 4 is 18.0 Å². The molecule has 0 spiro atoms. The van der Waals surface area contributed by atoms with Gasteiger partial charge in [-0.15, -0.1) is 0 Å². The van der Waals surface area contributed by atoms with Crippen molar-refractivity contribution in [2.75, 3.05) is 19.7 Å². The minimum Gasteiger partial charge on any atom is -0.481 e. The van der Waals surface area contributed by atoms with Crippen LogP contribution in [0.25, 0.3) is 11.1 Å². The van der Waals surface area contributed by atoms with E-state index in [0.717, 1.165) is 28.7 Å². The number of fused-ring (bicyclic) bond motifs is 3. The lowest BCUT2D eigenvalue weighted by Crippen LogP contribution is -2.48. The van der Waals surface area contributed by atoms with Crippen LogP contribution in [0.4, 0.5) is 4.79 Å². The maximum absolute atomic E-state index is 13.1. The number of rotatable bonds is 8. The highest BCUT2D eigenvalue weighted by molar-refractivity contribution is 5.86. The smallest absolute Gasteiger partial charge is 0.407 e. The number of carbonyl (C=O) groups excluding carboxylic acids is 2. The van der Waals surface area contributed by atoms with Gasteiger partial charge in [-0.3, -0.25) is 9.59 Å². The maximum Gasteiger partial charge on any atom is 0.407 e. The third kappa shape index (κ3) is 4.93. The number of aliphatic carboxylic acids is 1. The third-order valence-corrected chi connectivity index (χ3v) is 7.03. The molecule has 2 aromatic carbocycles. The molecular formula is C27H32N2O5. The molecule has 4 rings (SSSR count). The summed E-state index contributed by atoms with van der Waals surface area (Å²) >= 11 is 0. The predicted octanol–water partition coefficient (Wildman–Crippen LogP) is 4.26. The molecule has 7 nitrogen and oxygen atoms in total. The zero-order valence-electron chi connectivity index (χ0n) is 19.7. The monoisotopic (exact) mass is 464 g/mol. The van der Waals surface area contributed by atoms with Gasteiger partial charge in [0, 0.05) is 19.0 Å². The Balaban J connectivity index is 1.38. The molecule has 0 radical (unpaired) electrons. The standard InChI is InChI=1S/C27H32N2O5/c1-3-8-24(26(32)29-14-17(2)18(15-29)13-25(30)31)28-27(33)34-16-23-21-11-6-4-9-19(21)20-10-5-7-12-22(20)23/h4-7,9-12,17-18,23-24H,3,8,13-16H2,1-2H3,(H,28,33)(H,30,31)/t17?,18?,24-/m1/s1. The quantitative estimate of drug-likeness (QED) is 0.609. The lowest BCUT2D eigenvalue weighted by molar-refractivity contribution is -0.138. The molecule has 1 aliphatic heterocycles. The zero-order valence-corrected chi connectivity index (χ0v) is 19.7. The number of ether oxygens (including phenoxy) is 1. The Bertz CT molecular complexity index is 1020. The Labute approximate surface area is 200 Å². The van der Waals surface area contributed by atoms with Gasteiger partial charge in [0.2, 0.25) is 5.91 Å². The molecular weight excluding hydrogens is 432 g/mol. The van der Waals surface area contributed by atoms with Crippen LogP contribution < -0.4 is 5.32 Å². The average molecular weight is 465 g/mol. The van der Waals surface area contributed by atoms with E-state index in [1.807, 2.05) is 38.1 Å². The number of nitrogens with one attached hydrogen (secondary N) is 1. The van der Waals surface area contributed by atoms with Crippen molar-refractivity contribution in [1.29, 1.82) is 0 Å². The van der Waals surface area contributed by atoms with Gasteiger partial charge < -0.3 is 20.1 Å². The summed E-state index contributed by atoms with van der Waals surface area (Å²) in [6, 6.07) is 15.6. The molecule has 1 fully saturated rings. The fourth-order valence-electron chi connectivity index (χ4n) is 5.25. The van der Waals surface area contributed by atoms with Crippen LogP contribution >= 0.6 is 0 Å². The zero-order chi connectivity index (χ0) is 24.2. The molecule has 1 saturated heterocycles. The molecule has 2 unspecified atom stereocenters. The normalized spacial score (nSPS) is 19.9. The highest BCUT2D eigenvalue weighted by Crippen LogP contribution is 2.44. The fourth-order valence-corrected chi connectivity index (χ4v) is 5.25. The van der Waals surface area contributed by atoms with Gasteiger partial charge in [-0.25, -0.2) is 4.79 Å². The van der Waals surface area contributed by atoms with Gasteiger partial charge in [0.25, 0.3) is 0 Å². The van der Waals surface area contributed by atoms with Crippen LogP contribution in [0.1, 0.15) is 50.2 Å². The summed E-state index contributed by atoms with van der Waals surface area (Å²) in [5, 5.41) is 11.9. The SMILES string of the molecule is CCC[C@@H](NC(=O)OCC1c2ccccc2-c2ccccc21)C(=O)N1CC(C)C(CC(=O)O)C1. The van der Waals surface area contributed by atoms with Crippen molar-refractivity contribution in [2.45, 2.75) is 45.1 Å². The van der Waals surface area contributed by atoms with Crippen molar-refractivity contribution < 1.29 is 24.2 Å². The Morgan fingerprint density at radius 3 is 2.26 bits per heavy atom. The lowest BCUT2D eigenvalue weighted by atomic mass is 9.95. The summed E-state index contributed by atoms with van der Waals surface area (Å²) < 4.78 is 5.63. The van der Waals surface area contributed by atoms with Crippen LogP contribution in [0.15, 0.2) is 48.5 Å². The van der Waals surface area contributed by atoms with Gasteiger partial charge in [-0.05, 0) is 40.5 Å². The van der Waals surface area contributed by atoms with Crippen molar-refractivity contribution in [3.63, 3.8) is 0 Å². The summed E-state index contributed by atoms with van der Waals surface area (Å²) in [4.78, 5) is 38.7. The largest absolute Gasteiger partial charge is 0.481 e. The Hall–Kier alpha value is -3.35. The van der Waals surface area contributed by atoms with E-state index in [9.17, 15) is 14.4 Å². The first-order valence-electron chi connectivity index (χ1n) is 12.0. The summed E-state index contributed by atoms with van der Waals surface area (Å²) in [7, 11) is 0. The minimum atomic E-state index is -0.854. The summed E-state index contributed by atoms with van der Waals surface area (Å²) in [5.41, 5.74) is 4.58. The maximum atomic E-state index is 13.1. The first-order chi connectivity index (χ1) is 16.4. The number of hydrogen-bond donors (Lipinski definition) is 2. The number of amides is 2. The van der Waals surface area contributed by atoms with Crippen LogP contribution in [0.2, 0.25) is 0 Å². The second kappa shape index (κ2) is 10.3. The van der Waals surface area contributed by atoms with E-state index in [2.05, 4.69) is 29.6 Å². The fraction of sp³-hybridized carbons (Fsp3) is 0.444. The van der Waals surface area contributed by atoms with Gasteiger partial charge in [0.05, 0.1) is 6.42 Å². The van der Waals surface area contributed by atoms with Crippen molar-refractivity contribution in [1.82, 2.24) is 10.2 Å². The van der Waals surface area contributed by atoms with Gasteiger partial charge in [-0.1, -0.05) is 68.8 Å². The van der Waals surface area contributed by atoms with Crippen LogP contribution in [0, 0.1) is 11.8 Å². The van der Waals surface area contributed by atoms with Gasteiger partial charge >= 0.3 is 12.1 Å². The van der Waals surface area contributed by atoms with Gasteiger partial charge in [0.15, 0.2) is 0 Å². The van der Waals surface area contributed by atoms with E-state index in [-0.39, 0.29) is 36.7 Å². The second-order valence-corrected chi connectivity index (χ2v) is 9.39. The molecule has 2 aromatic rings. The van der Waals surface area contributed by atoms with E-state index in [1.54, 1.807) is 4.90 Å². The van der Waals surface area contributed by atoms with Crippen LogP contribution in [0.5, 0.6) is 0 Å². The van der Waals surface area contributed by atoms with E-state index in [1.165, 1.54) is 0 Å². The minimum absolute atomic E-state index is 0.0448. The number of nitrogens with zero attached hydrogens (tertiary/aromatic N) is 1. The summed E-state index contributed by atoms with van der Waals surface area (Å²) in [6.07, 6.45) is 0.658. The second-order valence-electron chi connectivity index (χ2n) is 9.39. The molecule has 2 aliphatic rings. The molecule has 3 atom stereocenters. The molecule has 0 bridgehead atoms. The first kappa shape index (κ1) is 23.8. The van der Waals surface area contributed by atoms with Gasteiger partial charge in [0.1, 0.15) is 12.6 Å². The Kier molecular flexibility index (Phi) is 7.20. The highest BCUT2D eigenvalue weighted by atomic mass is 16.5. The van der Waals surface area contributed by atoms with E-state index in [0.29, 0.717) is 19.5 Å². The van der Waals surface area contributed by atoms with Crippen molar-refractivity contribution in [2.24, 2.45) is 11.8 Å². The van der Waals surface area contributed by atoms with Crippen molar-refractivity contribution in [3.05, 3.63) is 59.7 Å². The predicted molar refractivity (Wildman–Crippen MR) is 128 cm³/mol. The molecule has 0 aromatic heterocycles. The molecule has 2 amide bonds. The van der Waals surface area contributed by atoms with Crippen LogP contribution in [0.3, 0.4) is 0 Å². The third-order valence-electron chi connectivity index (χ3n) is 7.03. The number of alkyl carbamates (subject to hydrolysis) is 1. The lowest BCUT2D eigenvalue weighted by Gasteiger charge is -2.24. The molecule has 2 N–H and O–H groups in total. The number of hydrogen-bond acceptors (Lipinski definition) is 4. The number of carboxylic acid groups (broad SMARTS) is 1. The van der Waals surface area contributed by atoms with E-state index >= 15 is 0 Å².